The molecule has 0 heterocycles. The van der Waals surface area contributed by atoms with Crippen molar-refractivity contribution in [2.45, 2.75) is 5.75 Å². The molecule has 0 saturated carbocycles. The van der Waals surface area contributed by atoms with Crippen LogP contribution < -0.4 is 11.6 Å². The second-order valence-electron chi connectivity index (χ2n) is 2.49. The van der Waals surface area contributed by atoms with Crippen LogP contribution in [0.2, 0.25) is 5.02 Å². The van der Waals surface area contributed by atoms with Gasteiger partial charge in [0.2, 0.25) is 0 Å². The molecule has 76 valence electrons. The third kappa shape index (κ3) is 3.08. The summed E-state index contributed by atoms with van der Waals surface area (Å²) < 4.78 is 12.7. The molecule has 0 radical (unpaired) electrons. The van der Waals surface area contributed by atoms with E-state index in [0.29, 0.717) is 10.8 Å². The molecule has 0 aliphatic rings. The van der Waals surface area contributed by atoms with E-state index in [1.54, 1.807) is 6.07 Å². The Labute approximate surface area is 90.3 Å². The van der Waals surface area contributed by atoms with Gasteiger partial charge in [-0.15, -0.1) is 0 Å². The maximum atomic E-state index is 12.7. The zero-order chi connectivity index (χ0) is 10.6. The summed E-state index contributed by atoms with van der Waals surface area (Å²) in [5.74, 6) is 5.11. The summed E-state index contributed by atoms with van der Waals surface area (Å²) in [6.07, 6.45) is 0. The largest absolute Gasteiger partial charge is 0.377 e. The third-order valence-electron chi connectivity index (χ3n) is 1.52. The fraction of sp³-hybridized carbons (Fsp3) is 0.125. The van der Waals surface area contributed by atoms with E-state index in [1.165, 1.54) is 23.9 Å². The van der Waals surface area contributed by atoms with Crippen molar-refractivity contribution < 1.29 is 4.39 Å². The molecule has 3 nitrogen and oxygen atoms in total. The number of halogens is 2. The van der Waals surface area contributed by atoms with Crippen LogP contribution in [0.15, 0.2) is 23.3 Å². The van der Waals surface area contributed by atoms with E-state index in [-0.39, 0.29) is 11.0 Å². The normalized spacial score (nSPS) is 11.7. The quantitative estimate of drug-likeness (QED) is 0.355. The zero-order valence-electron chi connectivity index (χ0n) is 7.21. The Bertz CT molecular complexity index is 356. The van der Waals surface area contributed by atoms with Crippen LogP contribution in [0.4, 0.5) is 4.39 Å². The van der Waals surface area contributed by atoms with Crippen LogP contribution in [0.25, 0.3) is 0 Å². The monoisotopic (exact) mass is 233 g/mol. The standard InChI is InChI=1S/C8H9ClFN3S/c9-7-3-6(10)2-1-5(7)4-14-8(11)13-12/h1-3H,4,12H2,(H2,11,13). The van der Waals surface area contributed by atoms with Crippen molar-refractivity contribution in [2.24, 2.45) is 16.7 Å². The van der Waals surface area contributed by atoms with Crippen molar-refractivity contribution in [1.29, 1.82) is 0 Å². The second-order valence-corrected chi connectivity index (χ2v) is 3.89. The summed E-state index contributed by atoms with van der Waals surface area (Å²) in [6.45, 7) is 0. The number of amidine groups is 1. The maximum Gasteiger partial charge on any atom is 0.177 e. The number of nitrogens with zero attached hydrogens (tertiary/aromatic N) is 1. The molecule has 0 bridgehead atoms. The van der Waals surface area contributed by atoms with Crippen molar-refractivity contribution in [3.05, 3.63) is 34.6 Å². The van der Waals surface area contributed by atoms with Crippen molar-refractivity contribution in [3.8, 4) is 0 Å². The van der Waals surface area contributed by atoms with Gasteiger partial charge in [0.05, 0.1) is 0 Å². The lowest BCUT2D eigenvalue weighted by Crippen LogP contribution is -2.09. The van der Waals surface area contributed by atoms with E-state index in [0.717, 1.165) is 5.56 Å². The first-order chi connectivity index (χ1) is 6.63. The van der Waals surface area contributed by atoms with E-state index in [4.69, 9.17) is 23.2 Å². The molecular formula is C8H9ClFN3S. The number of hydrazone groups is 1. The molecule has 6 heteroatoms. The fourth-order valence-corrected chi connectivity index (χ4v) is 1.77. The predicted molar refractivity (Wildman–Crippen MR) is 58.5 cm³/mol. The highest BCUT2D eigenvalue weighted by molar-refractivity contribution is 8.13. The van der Waals surface area contributed by atoms with Gasteiger partial charge in [-0.1, -0.05) is 29.4 Å². The van der Waals surface area contributed by atoms with Crippen LogP contribution in [-0.2, 0) is 5.75 Å². The van der Waals surface area contributed by atoms with Gasteiger partial charge in [-0.25, -0.2) is 4.39 Å². The minimum absolute atomic E-state index is 0.269. The van der Waals surface area contributed by atoms with Crippen molar-refractivity contribution in [3.63, 3.8) is 0 Å². The molecule has 0 saturated heterocycles. The van der Waals surface area contributed by atoms with Crippen LogP contribution in [0, 0.1) is 5.82 Å². The molecule has 0 aromatic heterocycles. The lowest BCUT2D eigenvalue weighted by atomic mass is 10.2. The number of hydrogen-bond acceptors (Lipinski definition) is 3. The zero-order valence-corrected chi connectivity index (χ0v) is 8.78. The average molecular weight is 234 g/mol. The summed E-state index contributed by atoms with van der Waals surface area (Å²) in [5.41, 5.74) is 6.17. The number of benzene rings is 1. The van der Waals surface area contributed by atoms with Crippen molar-refractivity contribution in [2.75, 3.05) is 0 Å². The lowest BCUT2D eigenvalue weighted by molar-refractivity contribution is 0.627. The molecule has 1 aromatic rings. The minimum atomic E-state index is -0.357. The molecule has 0 fully saturated rings. The molecular weight excluding hydrogens is 225 g/mol. The van der Waals surface area contributed by atoms with E-state index in [1.807, 2.05) is 0 Å². The highest BCUT2D eigenvalue weighted by atomic mass is 35.5. The Morgan fingerprint density at radius 1 is 1.57 bits per heavy atom. The average Bonchev–Trinajstić information content (AvgIpc) is 2.16. The first-order valence-corrected chi connectivity index (χ1v) is 5.10. The van der Waals surface area contributed by atoms with Crippen molar-refractivity contribution in [1.82, 2.24) is 0 Å². The molecule has 1 aromatic carbocycles. The summed E-state index contributed by atoms with van der Waals surface area (Å²) in [7, 11) is 0. The van der Waals surface area contributed by atoms with E-state index >= 15 is 0 Å². The molecule has 0 aliphatic heterocycles. The smallest absolute Gasteiger partial charge is 0.177 e. The van der Waals surface area contributed by atoms with Gasteiger partial charge in [-0.2, -0.15) is 5.10 Å². The Kier molecular flexibility index (Phi) is 4.03. The van der Waals surface area contributed by atoms with E-state index in [2.05, 4.69) is 5.10 Å². The first kappa shape index (κ1) is 11.1. The predicted octanol–water partition coefficient (Wildman–Crippen LogP) is 1.90. The minimum Gasteiger partial charge on any atom is -0.377 e. The first-order valence-electron chi connectivity index (χ1n) is 3.73. The Morgan fingerprint density at radius 3 is 2.86 bits per heavy atom. The van der Waals surface area contributed by atoms with Crippen LogP contribution in [0.3, 0.4) is 0 Å². The Hall–Kier alpha value is -0.940. The van der Waals surface area contributed by atoms with E-state index in [9.17, 15) is 4.39 Å². The maximum absolute atomic E-state index is 12.7. The van der Waals surface area contributed by atoms with Gasteiger partial charge in [-0.3, -0.25) is 0 Å². The second kappa shape index (κ2) is 5.07. The van der Waals surface area contributed by atoms with Crippen LogP contribution in [-0.4, -0.2) is 5.17 Å². The summed E-state index contributed by atoms with van der Waals surface area (Å²) in [4.78, 5) is 0. The van der Waals surface area contributed by atoms with Gasteiger partial charge in [0.1, 0.15) is 5.82 Å². The lowest BCUT2D eigenvalue weighted by Gasteiger charge is -2.02. The van der Waals surface area contributed by atoms with Gasteiger partial charge in [0.25, 0.3) is 0 Å². The molecule has 14 heavy (non-hydrogen) atoms. The van der Waals surface area contributed by atoms with Crippen LogP contribution in [0.1, 0.15) is 5.56 Å². The highest BCUT2D eigenvalue weighted by Gasteiger charge is 2.03. The third-order valence-corrected chi connectivity index (χ3v) is 2.73. The van der Waals surface area contributed by atoms with Crippen LogP contribution >= 0.6 is 23.4 Å². The molecule has 0 aliphatic carbocycles. The number of rotatable bonds is 2. The molecule has 1 rings (SSSR count). The highest BCUT2D eigenvalue weighted by Crippen LogP contribution is 2.21. The van der Waals surface area contributed by atoms with Gasteiger partial charge >= 0.3 is 0 Å². The van der Waals surface area contributed by atoms with Crippen molar-refractivity contribution >= 4 is 28.5 Å². The molecule has 0 spiro atoms. The summed E-state index contributed by atoms with van der Waals surface area (Å²) in [6, 6.07) is 4.21. The Morgan fingerprint density at radius 2 is 2.29 bits per heavy atom. The summed E-state index contributed by atoms with van der Waals surface area (Å²) >= 11 is 7.04. The molecule has 0 atom stereocenters. The summed E-state index contributed by atoms with van der Waals surface area (Å²) in [5, 5.41) is 3.94. The van der Waals surface area contributed by atoms with Gasteiger partial charge < -0.3 is 11.6 Å². The van der Waals surface area contributed by atoms with Crippen LogP contribution in [0.5, 0.6) is 0 Å². The van der Waals surface area contributed by atoms with Gasteiger partial charge in [-0.05, 0) is 17.7 Å². The number of thioether (sulfide) groups is 1. The fourth-order valence-electron chi connectivity index (χ4n) is 0.828. The SMILES string of the molecule is N/N=C(/N)SCc1ccc(F)cc1Cl. The molecule has 0 unspecified atom stereocenters. The van der Waals surface area contributed by atoms with Gasteiger partial charge in [0, 0.05) is 10.8 Å². The number of nitrogens with two attached hydrogens (primary N) is 2. The molecule has 4 N–H and O–H groups in total. The van der Waals surface area contributed by atoms with E-state index < -0.39 is 0 Å². The Balaban J connectivity index is 2.68. The topological polar surface area (TPSA) is 64.4 Å². The molecule has 0 amide bonds. The number of hydrogen-bond donors (Lipinski definition) is 2. The van der Waals surface area contributed by atoms with Gasteiger partial charge in [0.15, 0.2) is 5.17 Å².